The van der Waals surface area contributed by atoms with E-state index in [1.807, 2.05) is 0 Å². The molecule has 5 heteroatoms. The summed E-state index contributed by atoms with van der Waals surface area (Å²) in [5.74, 6) is 0. The molecule has 2 atom stereocenters. The van der Waals surface area contributed by atoms with Gasteiger partial charge in [0.25, 0.3) is 0 Å². The normalized spacial score (nSPS) is 21.9. The van der Waals surface area contributed by atoms with Gasteiger partial charge in [-0.15, -0.1) is 11.3 Å². The molecule has 0 spiro atoms. The average molecular weight is 298 g/mol. The average Bonchev–Trinajstić information content (AvgIpc) is 2.92. The highest BCUT2D eigenvalue weighted by atomic mass is 32.1. The molecule has 2 heterocycles. The van der Waals surface area contributed by atoms with E-state index in [1.165, 1.54) is 4.88 Å². The van der Waals surface area contributed by atoms with Crippen molar-refractivity contribution in [3.05, 3.63) is 22.4 Å². The Bertz CT molecular complexity index is 391. The van der Waals surface area contributed by atoms with Gasteiger partial charge in [-0.25, -0.2) is 0 Å². The van der Waals surface area contributed by atoms with Gasteiger partial charge in [-0.2, -0.15) is 0 Å². The summed E-state index contributed by atoms with van der Waals surface area (Å²) < 4.78 is 5.35. The summed E-state index contributed by atoms with van der Waals surface area (Å²) >= 11 is 1.74. The molecule has 0 radical (unpaired) electrons. The lowest BCUT2D eigenvalue weighted by molar-refractivity contribution is -0.0825. The molecule has 114 valence electrons. The van der Waals surface area contributed by atoms with E-state index in [4.69, 9.17) is 10.5 Å². The predicted molar refractivity (Wildman–Crippen MR) is 83.0 cm³/mol. The topological polar surface area (TPSA) is 58.7 Å². The molecule has 0 aliphatic carbocycles. The summed E-state index contributed by atoms with van der Waals surface area (Å²) in [6.07, 6.45) is 2.33. The molecule has 1 aromatic rings. The molecular formula is C15H26N2O2S. The molecular weight excluding hydrogens is 272 g/mol. The van der Waals surface area contributed by atoms with Crippen LogP contribution in [0.2, 0.25) is 0 Å². The third-order valence-electron chi connectivity index (χ3n) is 4.15. The molecule has 4 nitrogen and oxygen atoms in total. The van der Waals surface area contributed by atoms with Gasteiger partial charge in [-0.3, -0.25) is 4.90 Å². The van der Waals surface area contributed by atoms with Crippen LogP contribution in [0.5, 0.6) is 0 Å². The van der Waals surface area contributed by atoms with E-state index >= 15 is 0 Å². The molecule has 1 fully saturated rings. The molecule has 2 rings (SSSR count). The molecule has 1 aliphatic rings. The molecule has 2 unspecified atom stereocenters. The van der Waals surface area contributed by atoms with Gasteiger partial charge >= 0.3 is 0 Å². The highest BCUT2D eigenvalue weighted by molar-refractivity contribution is 7.10. The Morgan fingerprint density at radius 1 is 1.50 bits per heavy atom. The molecule has 0 saturated carbocycles. The van der Waals surface area contributed by atoms with E-state index in [0.717, 1.165) is 6.42 Å². The van der Waals surface area contributed by atoms with Crippen LogP contribution < -0.4 is 5.73 Å². The van der Waals surface area contributed by atoms with Crippen LogP contribution >= 0.6 is 11.3 Å². The van der Waals surface area contributed by atoms with Gasteiger partial charge in [0.2, 0.25) is 0 Å². The summed E-state index contributed by atoms with van der Waals surface area (Å²) in [6.45, 7) is 4.05. The van der Waals surface area contributed by atoms with Crippen molar-refractivity contribution in [3.8, 4) is 0 Å². The summed E-state index contributed by atoms with van der Waals surface area (Å²) in [4.78, 5) is 3.49. The van der Waals surface area contributed by atoms with Crippen LogP contribution in [-0.2, 0) is 4.74 Å². The third-order valence-corrected chi connectivity index (χ3v) is 5.10. The number of nitrogens with two attached hydrogens (primary N) is 1. The molecule has 0 bridgehead atoms. The van der Waals surface area contributed by atoms with E-state index in [2.05, 4.69) is 36.4 Å². The fourth-order valence-corrected chi connectivity index (χ4v) is 3.88. The highest BCUT2D eigenvalue weighted by Crippen LogP contribution is 2.31. The van der Waals surface area contributed by atoms with Crippen molar-refractivity contribution in [2.24, 2.45) is 5.73 Å². The number of ether oxygens (including phenoxy) is 1. The van der Waals surface area contributed by atoms with E-state index in [9.17, 15) is 5.11 Å². The van der Waals surface area contributed by atoms with Gasteiger partial charge in [0.15, 0.2) is 0 Å². The Labute approximate surface area is 125 Å². The lowest BCUT2D eigenvalue weighted by atomic mass is 9.92. The zero-order chi connectivity index (χ0) is 14.6. The number of aliphatic hydroxyl groups is 1. The number of hydrogen-bond acceptors (Lipinski definition) is 5. The smallest absolute Gasteiger partial charge is 0.0818 e. The minimum absolute atomic E-state index is 0.0853. The van der Waals surface area contributed by atoms with Crippen LogP contribution in [0, 0.1) is 0 Å². The first-order valence-electron chi connectivity index (χ1n) is 7.35. The van der Waals surface area contributed by atoms with Crippen LogP contribution in [0.4, 0.5) is 0 Å². The van der Waals surface area contributed by atoms with Crippen LogP contribution in [0.25, 0.3) is 0 Å². The quantitative estimate of drug-likeness (QED) is 0.843. The van der Waals surface area contributed by atoms with Crippen LogP contribution in [-0.4, -0.2) is 48.5 Å². The second-order valence-corrected chi connectivity index (χ2v) is 6.76. The van der Waals surface area contributed by atoms with Crippen molar-refractivity contribution in [2.75, 3.05) is 26.8 Å². The van der Waals surface area contributed by atoms with Gasteiger partial charge in [0.1, 0.15) is 0 Å². The largest absolute Gasteiger partial charge is 0.388 e. The summed E-state index contributed by atoms with van der Waals surface area (Å²) in [5.41, 5.74) is 5.67. The Hall–Kier alpha value is -0.460. The van der Waals surface area contributed by atoms with Crippen molar-refractivity contribution in [3.63, 3.8) is 0 Å². The van der Waals surface area contributed by atoms with Crippen LogP contribution in [0.15, 0.2) is 17.5 Å². The summed E-state index contributed by atoms with van der Waals surface area (Å²) in [6, 6.07) is 4.45. The van der Waals surface area contributed by atoms with Gasteiger partial charge in [0, 0.05) is 43.5 Å². The molecule has 1 aliphatic heterocycles. The number of rotatable bonds is 6. The lowest BCUT2D eigenvalue weighted by Crippen LogP contribution is -2.49. The molecule has 1 saturated heterocycles. The number of hydrogen-bond donors (Lipinski definition) is 2. The maximum Gasteiger partial charge on any atom is 0.0818 e. The third kappa shape index (κ3) is 3.80. The second kappa shape index (κ2) is 7.00. The van der Waals surface area contributed by atoms with Gasteiger partial charge in [0.05, 0.1) is 11.6 Å². The highest BCUT2D eigenvalue weighted by Gasteiger charge is 2.34. The van der Waals surface area contributed by atoms with Gasteiger partial charge in [-0.1, -0.05) is 13.0 Å². The minimum atomic E-state index is -0.643. The number of likely N-dealkylation sites (N-methyl/N-ethyl adjacent to an activating group) is 1. The maximum absolute atomic E-state index is 10.7. The van der Waals surface area contributed by atoms with Crippen LogP contribution in [0.3, 0.4) is 0 Å². The monoisotopic (exact) mass is 298 g/mol. The summed E-state index contributed by atoms with van der Waals surface area (Å²) in [7, 11) is 2.06. The standard InChI is InChI=1S/C15H26N2O2S/c1-3-12(16)14(13-5-4-10-20-13)17(2)11-15(18)6-8-19-9-7-15/h4-5,10,12,14,18H,3,6-9,11,16H2,1-2H3. The Morgan fingerprint density at radius 3 is 2.75 bits per heavy atom. The molecule has 1 aromatic heterocycles. The van der Waals surface area contributed by atoms with Gasteiger partial charge in [-0.05, 0) is 24.9 Å². The minimum Gasteiger partial charge on any atom is -0.388 e. The maximum atomic E-state index is 10.7. The first kappa shape index (κ1) is 15.9. The van der Waals surface area contributed by atoms with Crippen molar-refractivity contribution in [2.45, 2.75) is 43.9 Å². The zero-order valence-electron chi connectivity index (χ0n) is 12.4. The number of nitrogens with zero attached hydrogens (tertiary/aromatic N) is 1. The fourth-order valence-electron chi connectivity index (χ4n) is 2.91. The van der Waals surface area contributed by atoms with Crippen molar-refractivity contribution in [1.29, 1.82) is 0 Å². The summed E-state index contributed by atoms with van der Waals surface area (Å²) in [5, 5.41) is 12.8. The van der Waals surface area contributed by atoms with E-state index in [-0.39, 0.29) is 12.1 Å². The Morgan fingerprint density at radius 2 is 2.20 bits per heavy atom. The lowest BCUT2D eigenvalue weighted by Gasteiger charge is -2.39. The second-order valence-electron chi connectivity index (χ2n) is 5.78. The molecule has 3 N–H and O–H groups in total. The Kier molecular flexibility index (Phi) is 5.57. The van der Waals surface area contributed by atoms with Crippen LogP contribution in [0.1, 0.15) is 37.1 Å². The zero-order valence-corrected chi connectivity index (χ0v) is 13.2. The molecule has 0 amide bonds. The Balaban J connectivity index is 2.08. The predicted octanol–water partition coefficient (Wildman–Crippen LogP) is 2.00. The SMILES string of the molecule is CCC(N)C(c1cccs1)N(C)CC1(O)CCOCC1. The van der Waals surface area contributed by atoms with E-state index < -0.39 is 5.60 Å². The van der Waals surface area contributed by atoms with Crippen molar-refractivity contribution >= 4 is 11.3 Å². The fraction of sp³-hybridized carbons (Fsp3) is 0.733. The number of thiophene rings is 1. The van der Waals surface area contributed by atoms with Crippen molar-refractivity contribution in [1.82, 2.24) is 4.90 Å². The van der Waals surface area contributed by atoms with E-state index in [1.54, 1.807) is 11.3 Å². The molecule has 0 aromatic carbocycles. The first-order valence-corrected chi connectivity index (χ1v) is 8.23. The van der Waals surface area contributed by atoms with Gasteiger partial charge < -0.3 is 15.6 Å². The molecule has 20 heavy (non-hydrogen) atoms. The first-order chi connectivity index (χ1) is 9.56. The van der Waals surface area contributed by atoms with Crippen molar-refractivity contribution < 1.29 is 9.84 Å². The van der Waals surface area contributed by atoms with E-state index in [0.29, 0.717) is 32.6 Å².